The molecule has 1 N–H and O–H groups in total. The van der Waals surface area contributed by atoms with Crippen molar-refractivity contribution in [2.45, 2.75) is 32.1 Å². The first kappa shape index (κ1) is 23.8. The van der Waals surface area contributed by atoms with Crippen molar-refractivity contribution in [3.63, 3.8) is 0 Å². The number of halogens is 3. The third-order valence-corrected chi connectivity index (χ3v) is 5.24. The number of hydrogen-bond acceptors (Lipinski definition) is 3. The Morgan fingerprint density at radius 2 is 1.76 bits per heavy atom. The van der Waals surface area contributed by atoms with Crippen LogP contribution in [0.3, 0.4) is 0 Å². The van der Waals surface area contributed by atoms with Gasteiger partial charge in [-0.3, -0.25) is 4.79 Å². The number of nitrogens with one attached hydrogen (secondary N) is 1. The Bertz CT molecular complexity index is 824. The monoisotopic (exact) mass is 453 g/mol. The predicted molar refractivity (Wildman–Crippen MR) is 123 cm³/mol. The van der Waals surface area contributed by atoms with Gasteiger partial charge < -0.3 is 10.1 Å². The highest BCUT2D eigenvalue weighted by Gasteiger charge is 2.15. The summed E-state index contributed by atoms with van der Waals surface area (Å²) >= 11 is 18.3. The van der Waals surface area contributed by atoms with Gasteiger partial charge in [-0.15, -0.1) is 6.58 Å². The van der Waals surface area contributed by atoms with Gasteiger partial charge in [0, 0.05) is 16.1 Å². The van der Waals surface area contributed by atoms with Crippen molar-refractivity contribution in [3.05, 3.63) is 75.2 Å². The molecule has 3 nitrogen and oxygen atoms in total. The molecule has 0 heterocycles. The zero-order valence-corrected chi connectivity index (χ0v) is 18.6. The standard InChI is InChI=1S/C23H26Cl3NO2/c1-2-3-12-27-13-6-4-5-7-14-29-22-11-8-17(15-21(22)26)23(28)19-10-9-18(24)16-20(19)25/h2,8-11,15-16,27H,1,3-7,12-14H2. The van der Waals surface area contributed by atoms with Gasteiger partial charge in [-0.05, 0) is 68.8 Å². The van der Waals surface area contributed by atoms with Crippen molar-refractivity contribution < 1.29 is 9.53 Å². The van der Waals surface area contributed by atoms with Crippen LogP contribution >= 0.6 is 34.8 Å². The first-order valence-corrected chi connectivity index (χ1v) is 10.9. The van der Waals surface area contributed by atoms with Crippen molar-refractivity contribution in [2.75, 3.05) is 19.7 Å². The van der Waals surface area contributed by atoms with E-state index in [2.05, 4.69) is 11.9 Å². The van der Waals surface area contributed by atoms with Crippen LogP contribution in [0.5, 0.6) is 5.75 Å². The highest BCUT2D eigenvalue weighted by Crippen LogP contribution is 2.29. The van der Waals surface area contributed by atoms with Crippen LogP contribution in [0.25, 0.3) is 0 Å². The molecule has 2 aromatic carbocycles. The minimum Gasteiger partial charge on any atom is -0.492 e. The van der Waals surface area contributed by atoms with E-state index < -0.39 is 0 Å². The molecule has 0 aliphatic heterocycles. The Hall–Kier alpha value is -1.52. The van der Waals surface area contributed by atoms with Gasteiger partial charge in [0.15, 0.2) is 5.78 Å². The zero-order valence-electron chi connectivity index (χ0n) is 16.4. The fourth-order valence-corrected chi connectivity index (χ4v) is 3.53. The second kappa shape index (κ2) is 12.9. The SMILES string of the molecule is C=CCCNCCCCCCOc1ccc(C(=O)c2ccc(Cl)cc2Cl)cc1Cl. The van der Waals surface area contributed by atoms with Gasteiger partial charge in [0.2, 0.25) is 0 Å². The molecule has 0 unspecified atom stereocenters. The Kier molecular flexibility index (Phi) is 10.6. The molecule has 0 atom stereocenters. The van der Waals surface area contributed by atoms with E-state index in [4.69, 9.17) is 39.5 Å². The van der Waals surface area contributed by atoms with Crippen molar-refractivity contribution in [3.8, 4) is 5.75 Å². The average Bonchev–Trinajstić information content (AvgIpc) is 2.70. The van der Waals surface area contributed by atoms with Crippen LogP contribution < -0.4 is 10.1 Å². The zero-order chi connectivity index (χ0) is 21.1. The summed E-state index contributed by atoms with van der Waals surface area (Å²) in [5, 5.41) is 4.59. The molecule has 0 aliphatic rings. The van der Waals surface area contributed by atoms with Crippen molar-refractivity contribution in [1.29, 1.82) is 0 Å². The van der Waals surface area contributed by atoms with Crippen molar-refractivity contribution >= 4 is 40.6 Å². The molecule has 0 bridgehead atoms. The van der Waals surface area contributed by atoms with Crippen LogP contribution in [0.2, 0.25) is 15.1 Å². The van der Waals surface area contributed by atoms with Crippen LogP contribution in [0.1, 0.15) is 48.0 Å². The number of hydrogen-bond donors (Lipinski definition) is 1. The lowest BCUT2D eigenvalue weighted by Gasteiger charge is -2.10. The molecular weight excluding hydrogens is 429 g/mol. The van der Waals surface area contributed by atoms with Gasteiger partial charge in [-0.25, -0.2) is 0 Å². The molecule has 0 spiro atoms. The third-order valence-electron chi connectivity index (χ3n) is 4.40. The van der Waals surface area contributed by atoms with Gasteiger partial charge in [-0.2, -0.15) is 0 Å². The van der Waals surface area contributed by atoms with Crippen LogP contribution in [0.4, 0.5) is 0 Å². The summed E-state index contributed by atoms with van der Waals surface area (Å²) in [5.41, 5.74) is 0.843. The molecule has 0 saturated heterocycles. The number of ketones is 1. The van der Waals surface area contributed by atoms with Crippen molar-refractivity contribution in [1.82, 2.24) is 5.32 Å². The number of benzene rings is 2. The van der Waals surface area contributed by atoms with Crippen LogP contribution in [-0.2, 0) is 0 Å². The van der Waals surface area contributed by atoms with Gasteiger partial charge >= 0.3 is 0 Å². The quantitative estimate of drug-likeness (QED) is 0.201. The Balaban J connectivity index is 1.76. The maximum atomic E-state index is 12.6. The van der Waals surface area contributed by atoms with E-state index in [1.165, 1.54) is 0 Å². The molecule has 29 heavy (non-hydrogen) atoms. The van der Waals surface area contributed by atoms with E-state index in [9.17, 15) is 4.79 Å². The number of carbonyl (C=O) groups is 1. The highest BCUT2D eigenvalue weighted by atomic mass is 35.5. The van der Waals surface area contributed by atoms with E-state index in [0.29, 0.717) is 38.6 Å². The highest BCUT2D eigenvalue weighted by molar-refractivity contribution is 6.37. The number of rotatable bonds is 13. The first-order chi connectivity index (χ1) is 14.0. The molecule has 6 heteroatoms. The van der Waals surface area contributed by atoms with Gasteiger partial charge in [-0.1, -0.05) is 53.7 Å². The molecule has 156 valence electrons. The molecule has 0 radical (unpaired) electrons. The summed E-state index contributed by atoms with van der Waals surface area (Å²) in [4.78, 5) is 12.6. The molecule has 0 saturated carbocycles. The van der Waals surface area contributed by atoms with Gasteiger partial charge in [0.05, 0.1) is 16.7 Å². The van der Waals surface area contributed by atoms with Crippen LogP contribution in [-0.4, -0.2) is 25.5 Å². The summed E-state index contributed by atoms with van der Waals surface area (Å²) in [6, 6.07) is 9.83. The molecule has 0 aliphatic carbocycles. The summed E-state index contributed by atoms with van der Waals surface area (Å²) in [7, 11) is 0. The summed E-state index contributed by atoms with van der Waals surface area (Å²) in [6.45, 7) is 6.33. The second-order valence-electron chi connectivity index (χ2n) is 6.69. The molecule has 0 fully saturated rings. The molecular formula is C23H26Cl3NO2. The summed E-state index contributed by atoms with van der Waals surface area (Å²) < 4.78 is 5.76. The maximum absolute atomic E-state index is 12.6. The smallest absolute Gasteiger partial charge is 0.194 e. The number of ether oxygens (including phenoxy) is 1. The lowest BCUT2D eigenvalue weighted by Crippen LogP contribution is -2.15. The molecule has 2 rings (SSSR count). The largest absolute Gasteiger partial charge is 0.492 e. The Morgan fingerprint density at radius 1 is 0.966 bits per heavy atom. The Morgan fingerprint density at radius 3 is 2.48 bits per heavy atom. The number of carbonyl (C=O) groups excluding carboxylic acids is 1. The summed E-state index contributed by atoms with van der Waals surface area (Å²) in [5.74, 6) is 0.373. The lowest BCUT2D eigenvalue weighted by molar-refractivity contribution is 0.103. The van der Waals surface area contributed by atoms with Gasteiger partial charge in [0.25, 0.3) is 0 Å². The maximum Gasteiger partial charge on any atom is 0.194 e. The first-order valence-electron chi connectivity index (χ1n) is 9.76. The van der Waals surface area contributed by atoms with E-state index in [-0.39, 0.29) is 5.78 Å². The fourth-order valence-electron chi connectivity index (χ4n) is 2.81. The van der Waals surface area contributed by atoms with E-state index in [1.807, 2.05) is 6.08 Å². The third kappa shape index (κ3) is 8.02. The van der Waals surface area contributed by atoms with E-state index in [0.717, 1.165) is 45.2 Å². The minimum atomic E-state index is -0.207. The lowest BCUT2D eigenvalue weighted by atomic mass is 10.0. The normalized spacial score (nSPS) is 10.7. The van der Waals surface area contributed by atoms with E-state index in [1.54, 1.807) is 36.4 Å². The molecule has 0 aromatic heterocycles. The number of unbranched alkanes of at least 4 members (excludes halogenated alkanes) is 3. The van der Waals surface area contributed by atoms with Crippen molar-refractivity contribution in [2.24, 2.45) is 0 Å². The van der Waals surface area contributed by atoms with E-state index >= 15 is 0 Å². The fraction of sp³-hybridized carbons (Fsp3) is 0.348. The second-order valence-corrected chi connectivity index (χ2v) is 7.94. The molecule has 0 amide bonds. The molecule has 2 aromatic rings. The Labute approximate surface area is 188 Å². The van der Waals surface area contributed by atoms with Crippen LogP contribution in [0, 0.1) is 0 Å². The minimum absolute atomic E-state index is 0.207. The predicted octanol–water partition coefficient (Wildman–Crippen LogP) is 6.98. The summed E-state index contributed by atoms with van der Waals surface area (Å²) in [6.07, 6.45) is 7.31. The average molecular weight is 455 g/mol. The topological polar surface area (TPSA) is 38.3 Å². The van der Waals surface area contributed by atoms with Gasteiger partial charge in [0.1, 0.15) is 5.75 Å². The van der Waals surface area contributed by atoms with Crippen LogP contribution in [0.15, 0.2) is 49.1 Å².